The molecule has 1 aromatic rings. The van der Waals surface area contributed by atoms with Crippen molar-refractivity contribution in [3.8, 4) is 6.07 Å². The highest BCUT2D eigenvalue weighted by molar-refractivity contribution is 5.88. The Hall–Kier alpha value is -1.83. The van der Waals surface area contributed by atoms with Gasteiger partial charge in [0, 0.05) is 18.8 Å². The summed E-state index contributed by atoms with van der Waals surface area (Å²) < 4.78 is 6.00. The SMILES string of the molecule is COC(=O)c1nn(C)cc1CC#N. The smallest absolute Gasteiger partial charge is 0.358 e. The van der Waals surface area contributed by atoms with Crippen molar-refractivity contribution in [3.05, 3.63) is 17.5 Å². The Morgan fingerprint density at radius 3 is 3.08 bits per heavy atom. The van der Waals surface area contributed by atoms with Crippen molar-refractivity contribution in [3.63, 3.8) is 0 Å². The Labute approximate surface area is 75.5 Å². The lowest BCUT2D eigenvalue weighted by atomic mass is 10.2. The molecule has 0 saturated carbocycles. The highest BCUT2D eigenvalue weighted by Crippen LogP contribution is 2.07. The van der Waals surface area contributed by atoms with Gasteiger partial charge in [-0.3, -0.25) is 4.68 Å². The van der Waals surface area contributed by atoms with Crippen LogP contribution in [0.4, 0.5) is 0 Å². The van der Waals surface area contributed by atoms with Crippen LogP contribution in [-0.2, 0) is 18.2 Å². The zero-order valence-corrected chi connectivity index (χ0v) is 7.44. The van der Waals surface area contributed by atoms with Crippen molar-refractivity contribution in [2.24, 2.45) is 7.05 Å². The van der Waals surface area contributed by atoms with Gasteiger partial charge in [0.05, 0.1) is 19.6 Å². The summed E-state index contributed by atoms with van der Waals surface area (Å²) in [5, 5.41) is 12.4. The van der Waals surface area contributed by atoms with Crippen molar-refractivity contribution in [2.75, 3.05) is 7.11 Å². The molecule has 0 amide bonds. The van der Waals surface area contributed by atoms with E-state index >= 15 is 0 Å². The van der Waals surface area contributed by atoms with Gasteiger partial charge >= 0.3 is 5.97 Å². The molecule has 5 nitrogen and oxygen atoms in total. The molecule has 0 aliphatic rings. The van der Waals surface area contributed by atoms with Crippen molar-refractivity contribution in [1.29, 1.82) is 5.26 Å². The van der Waals surface area contributed by atoms with Crippen molar-refractivity contribution in [1.82, 2.24) is 9.78 Å². The van der Waals surface area contributed by atoms with Crippen molar-refractivity contribution < 1.29 is 9.53 Å². The van der Waals surface area contributed by atoms with Crippen LogP contribution in [-0.4, -0.2) is 22.9 Å². The third-order valence-corrected chi connectivity index (χ3v) is 1.55. The van der Waals surface area contributed by atoms with Gasteiger partial charge in [-0.15, -0.1) is 0 Å². The first-order valence-electron chi connectivity index (χ1n) is 3.66. The van der Waals surface area contributed by atoms with Crippen LogP contribution in [0.2, 0.25) is 0 Å². The van der Waals surface area contributed by atoms with E-state index in [-0.39, 0.29) is 12.1 Å². The van der Waals surface area contributed by atoms with Crippen molar-refractivity contribution in [2.45, 2.75) is 6.42 Å². The van der Waals surface area contributed by atoms with Crippen LogP contribution >= 0.6 is 0 Å². The van der Waals surface area contributed by atoms with Crippen LogP contribution < -0.4 is 0 Å². The number of nitriles is 1. The van der Waals surface area contributed by atoms with E-state index in [2.05, 4.69) is 9.84 Å². The number of nitrogens with zero attached hydrogens (tertiary/aromatic N) is 3. The average Bonchev–Trinajstić information content (AvgIpc) is 2.46. The molecular weight excluding hydrogens is 170 g/mol. The molecule has 0 atom stereocenters. The molecule has 0 saturated heterocycles. The minimum Gasteiger partial charge on any atom is -0.464 e. The lowest BCUT2D eigenvalue weighted by Crippen LogP contribution is -2.05. The second-order valence-electron chi connectivity index (χ2n) is 2.50. The maximum absolute atomic E-state index is 11.1. The number of aryl methyl sites for hydroxylation is 1. The molecule has 13 heavy (non-hydrogen) atoms. The first-order chi connectivity index (χ1) is 6.19. The molecule has 0 unspecified atom stereocenters. The van der Waals surface area contributed by atoms with Crippen LogP contribution in [0.3, 0.4) is 0 Å². The minimum absolute atomic E-state index is 0.165. The maximum atomic E-state index is 11.1. The van der Waals surface area contributed by atoms with Gasteiger partial charge in [0.1, 0.15) is 0 Å². The summed E-state index contributed by atoms with van der Waals surface area (Å²) in [5.74, 6) is -0.508. The lowest BCUT2D eigenvalue weighted by molar-refractivity contribution is 0.0592. The molecule has 5 heteroatoms. The number of aromatic nitrogens is 2. The van der Waals surface area contributed by atoms with Gasteiger partial charge in [-0.1, -0.05) is 0 Å². The van der Waals surface area contributed by atoms with E-state index in [0.29, 0.717) is 5.56 Å². The van der Waals surface area contributed by atoms with Crippen LogP contribution in [0.1, 0.15) is 16.1 Å². The van der Waals surface area contributed by atoms with Gasteiger partial charge in [0.25, 0.3) is 0 Å². The topological polar surface area (TPSA) is 67.9 Å². The standard InChI is InChI=1S/C8H9N3O2/c1-11-5-6(3-4-9)7(10-11)8(12)13-2/h5H,3H2,1-2H3. The van der Waals surface area contributed by atoms with Crippen LogP contribution in [0, 0.1) is 11.3 Å². The first-order valence-corrected chi connectivity index (χ1v) is 3.66. The molecule has 1 heterocycles. The summed E-state index contributed by atoms with van der Waals surface area (Å²) in [6.45, 7) is 0. The Morgan fingerprint density at radius 1 is 1.85 bits per heavy atom. The monoisotopic (exact) mass is 179 g/mol. The van der Waals surface area contributed by atoms with Gasteiger partial charge in [0.15, 0.2) is 5.69 Å². The molecule has 0 spiro atoms. The largest absolute Gasteiger partial charge is 0.464 e. The molecule has 0 aliphatic carbocycles. The normalized spacial score (nSPS) is 9.31. The third kappa shape index (κ3) is 1.85. The molecule has 0 aromatic carbocycles. The Kier molecular flexibility index (Phi) is 2.65. The fourth-order valence-electron chi connectivity index (χ4n) is 1.02. The number of methoxy groups -OCH3 is 1. The zero-order chi connectivity index (χ0) is 9.84. The van der Waals surface area contributed by atoms with E-state index in [1.165, 1.54) is 11.8 Å². The fraction of sp³-hybridized carbons (Fsp3) is 0.375. The summed E-state index contributed by atoms with van der Waals surface area (Å²) in [6, 6.07) is 1.96. The number of hydrogen-bond donors (Lipinski definition) is 0. The number of ether oxygens (including phenoxy) is 1. The van der Waals surface area contributed by atoms with Crippen LogP contribution in [0.25, 0.3) is 0 Å². The summed E-state index contributed by atoms with van der Waals surface area (Å²) in [5.41, 5.74) is 0.809. The fourth-order valence-corrected chi connectivity index (χ4v) is 1.02. The van der Waals surface area contributed by atoms with Gasteiger partial charge < -0.3 is 4.74 Å². The highest BCUT2D eigenvalue weighted by Gasteiger charge is 2.15. The summed E-state index contributed by atoms with van der Waals surface area (Å²) in [7, 11) is 2.97. The van der Waals surface area contributed by atoms with Gasteiger partial charge in [-0.05, 0) is 0 Å². The van der Waals surface area contributed by atoms with E-state index in [1.54, 1.807) is 13.2 Å². The molecule has 68 valence electrons. The summed E-state index contributed by atoms with van der Waals surface area (Å²) >= 11 is 0. The van der Waals surface area contributed by atoms with E-state index in [9.17, 15) is 4.79 Å². The average molecular weight is 179 g/mol. The highest BCUT2D eigenvalue weighted by atomic mass is 16.5. The molecule has 0 N–H and O–H groups in total. The lowest BCUT2D eigenvalue weighted by Gasteiger charge is -1.94. The Morgan fingerprint density at radius 2 is 2.54 bits per heavy atom. The second kappa shape index (κ2) is 3.72. The van der Waals surface area contributed by atoms with Gasteiger partial charge in [0.2, 0.25) is 0 Å². The predicted octanol–water partition coefficient (Wildman–Crippen LogP) is 0.273. The predicted molar refractivity (Wildman–Crippen MR) is 43.9 cm³/mol. The molecule has 0 aliphatic heterocycles. The Bertz CT molecular complexity index is 362. The van der Waals surface area contributed by atoms with Crippen LogP contribution in [0.15, 0.2) is 6.20 Å². The number of esters is 1. The molecule has 1 rings (SSSR count). The number of rotatable bonds is 2. The quantitative estimate of drug-likeness (QED) is 0.611. The number of hydrogen-bond acceptors (Lipinski definition) is 4. The minimum atomic E-state index is -0.508. The van der Waals surface area contributed by atoms with Crippen LogP contribution in [0.5, 0.6) is 0 Å². The van der Waals surface area contributed by atoms with Gasteiger partial charge in [-0.2, -0.15) is 10.4 Å². The summed E-state index contributed by atoms with van der Waals surface area (Å²) in [4.78, 5) is 11.1. The molecule has 0 radical (unpaired) electrons. The Balaban J connectivity index is 3.05. The van der Waals surface area contributed by atoms with E-state index in [0.717, 1.165) is 0 Å². The van der Waals surface area contributed by atoms with E-state index in [4.69, 9.17) is 5.26 Å². The first kappa shape index (κ1) is 9.26. The second-order valence-corrected chi connectivity index (χ2v) is 2.50. The van der Waals surface area contributed by atoms with Gasteiger partial charge in [-0.25, -0.2) is 4.79 Å². The molecule has 0 bridgehead atoms. The third-order valence-electron chi connectivity index (χ3n) is 1.55. The summed E-state index contributed by atoms with van der Waals surface area (Å²) in [6.07, 6.45) is 1.80. The maximum Gasteiger partial charge on any atom is 0.358 e. The van der Waals surface area contributed by atoms with Crippen molar-refractivity contribution >= 4 is 5.97 Å². The van der Waals surface area contributed by atoms with E-state index < -0.39 is 5.97 Å². The molecule has 0 fully saturated rings. The zero-order valence-electron chi connectivity index (χ0n) is 7.44. The molecular formula is C8H9N3O2. The van der Waals surface area contributed by atoms with E-state index in [1.807, 2.05) is 6.07 Å². The molecule has 1 aromatic heterocycles. The number of carbonyl (C=O) groups is 1. The number of carbonyl (C=O) groups excluding carboxylic acids is 1.